The molecule has 0 heterocycles. The van der Waals surface area contributed by atoms with Gasteiger partial charge >= 0.3 is 0 Å². The van der Waals surface area contributed by atoms with Crippen LogP contribution in [0.3, 0.4) is 0 Å². The van der Waals surface area contributed by atoms with Gasteiger partial charge in [-0.2, -0.15) is 0 Å². The predicted octanol–water partition coefficient (Wildman–Crippen LogP) is 3.76. The van der Waals surface area contributed by atoms with E-state index in [9.17, 15) is 9.50 Å². The van der Waals surface area contributed by atoms with Crippen LogP contribution in [0.15, 0.2) is 42.5 Å². The number of hydrogen-bond acceptors (Lipinski definition) is 2. The van der Waals surface area contributed by atoms with Crippen LogP contribution < -0.4 is 4.74 Å². The zero-order chi connectivity index (χ0) is 14.1. The van der Waals surface area contributed by atoms with E-state index >= 15 is 0 Å². The first kappa shape index (κ1) is 13.1. The number of ether oxygens (including phenoxy) is 1. The zero-order valence-electron chi connectivity index (χ0n) is 11.3. The second-order valence-electron chi connectivity index (χ2n) is 5.30. The summed E-state index contributed by atoms with van der Waals surface area (Å²) < 4.78 is 19.0. The molecule has 104 valence electrons. The summed E-state index contributed by atoms with van der Waals surface area (Å²) in [4.78, 5) is 0. The van der Waals surface area contributed by atoms with Gasteiger partial charge in [0.2, 0.25) is 0 Å². The molecule has 1 N–H and O–H groups in total. The molecule has 0 bridgehead atoms. The first-order valence-electron chi connectivity index (χ1n) is 6.84. The molecule has 1 aliphatic rings. The fourth-order valence-electron chi connectivity index (χ4n) is 2.17. The minimum atomic E-state index is -0.767. The molecule has 2 aromatic carbocycles. The molecular formula is C17H17FO2. The van der Waals surface area contributed by atoms with Crippen molar-refractivity contribution in [1.82, 2.24) is 0 Å². The summed E-state index contributed by atoms with van der Waals surface area (Å²) in [6, 6.07) is 12.1. The molecule has 0 radical (unpaired) electrons. The Morgan fingerprint density at radius 2 is 1.90 bits per heavy atom. The molecular weight excluding hydrogens is 255 g/mol. The predicted molar refractivity (Wildman–Crippen MR) is 75.3 cm³/mol. The molecule has 2 nitrogen and oxygen atoms in total. The molecule has 3 rings (SSSR count). The number of halogens is 1. The van der Waals surface area contributed by atoms with E-state index in [-0.39, 0.29) is 5.82 Å². The van der Waals surface area contributed by atoms with Crippen molar-refractivity contribution in [1.29, 1.82) is 0 Å². The summed E-state index contributed by atoms with van der Waals surface area (Å²) in [6.07, 6.45) is 1.76. The van der Waals surface area contributed by atoms with E-state index in [1.54, 1.807) is 19.1 Å². The van der Waals surface area contributed by atoms with E-state index in [1.807, 2.05) is 24.3 Å². The third kappa shape index (κ3) is 2.83. The van der Waals surface area contributed by atoms with Gasteiger partial charge in [0.05, 0.1) is 6.10 Å². The molecule has 0 spiro atoms. The SMILES string of the molecule is Cc1cc(C(O)c2cccc(OC3CC3)c2)ccc1F. The lowest BCUT2D eigenvalue weighted by Gasteiger charge is -2.14. The number of benzene rings is 2. The van der Waals surface area contributed by atoms with Crippen LogP contribution in [-0.4, -0.2) is 11.2 Å². The van der Waals surface area contributed by atoms with Crippen LogP contribution >= 0.6 is 0 Å². The Bertz CT molecular complexity index is 620. The lowest BCUT2D eigenvalue weighted by Crippen LogP contribution is -2.02. The lowest BCUT2D eigenvalue weighted by molar-refractivity contribution is 0.219. The first-order valence-corrected chi connectivity index (χ1v) is 6.84. The van der Waals surface area contributed by atoms with Crippen molar-refractivity contribution in [2.45, 2.75) is 32.0 Å². The van der Waals surface area contributed by atoms with Gasteiger partial charge in [-0.3, -0.25) is 0 Å². The largest absolute Gasteiger partial charge is 0.490 e. The fraction of sp³-hybridized carbons (Fsp3) is 0.294. The van der Waals surface area contributed by atoms with Crippen LogP contribution in [0.5, 0.6) is 5.75 Å². The molecule has 0 amide bonds. The third-order valence-corrected chi connectivity index (χ3v) is 3.50. The van der Waals surface area contributed by atoms with Gasteiger partial charge in [0.15, 0.2) is 0 Å². The van der Waals surface area contributed by atoms with Gasteiger partial charge in [0.25, 0.3) is 0 Å². The van der Waals surface area contributed by atoms with Crippen molar-refractivity contribution in [3.63, 3.8) is 0 Å². The Morgan fingerprint density at radius 3 is 2.60 bits per heavy atom. The number of aliphatic hydroxyl groups is 1. The molecule has 1 saturated carbocycles. The van der Waals surface area contributed by atoms with Crippen LogP contribution in [0.2, 0.25) is 0 Å². The summed E-state index contributed by atoms with van der Waals surface area (Å²) >= 11 is 0. The Labute approximate surface area is 117 Å². The maximum atomic E-state index is 13.3. The minimum absolute atomic E-state index is 0.258. The smallest absolute Gasteiger partial charge is 0.126 e. The van der Waals surface area contributed by atoms with Crippen LogP contribution in [-0.2, 0) is 0 Å². The number of hydrogen-bond donors (Lipinski definition) is 1. The molecule has 2 aromatic rings. The summed E-state index contributed by atoms with van der Waals surface area (Å²) in [5.74, 6) is 0.523. The second kappa shape index (κ2) is 5.25. The van der Waals surface area contributed by atoms with Crippen LogP contribution in [0.4, 0.5) is 4.39 Å². The van der Waals surface area contributed by atoms with Crippen molar-refractivity contribution < 1.29 is 14.2 Å². The quantitative estimate of drug-likeness (QED) is 0.918. The maximum absolute atomic E-state index is 13.3. The standard InChI is InChI=1S/C17H17FO2/c1-11-9-13(5-8-16(11)18)17(19)12-3-2-4-15(10-12)20-14-6-7-14/h2-5,8-10,14,17,19H,6-7H2,1H3. The highest BCUT2D eigenvalue weighted by atomic mass is 19.1. The van der Waals surface area contributed by atoms with Gasteiger partial charge in [-0.1, -0.05) is 24.3 Å². The molecule has 3 heteroatoms. The van der Waals surface area contributed by atoms with Crippen LogP contribution in [0.1, 0.15) is 35.6 Å². The molecule has 1 unspecified atom stereocenters. The zero-order valence-corrected chi connectivity index (χ0v) is 11.3. The minimum Gasteiger partial charge on any atom is -0.490 e. The molecule has 1 atom stereocenters. The summed E-state index contributed by atoms with van der Waals surface area (Å²) in [6.45, 7) is 1.69. The highest BCUT2D eigenvalue weighted by Gasteiger charge is 2.23. The molecule has 0 aromatic heterocycles. The summed E-state index contributed by atoms with van der Waals surface area (Å²) in [5, 5.41) is 10.4. The van der Waals surface area contributed by atoms with Gasteiger partial charge in [-0.25, -0.2) is 4.39 Å². The van der Waals surface area contributed by atoms with E-state index < -0.39 is 6.10 Å². The van der Waals surface area contributed by atoms with Gasteiger partial charge in [-0.05, 0) is 54.7 Å². The van der Waals surface area contributed by atoms with Crippen molar-refractivity contribution in [2.24, 2.45) is 0 Å². The van der Waals surface area contributed by atoms with Crippen molar-refractivity contribution in [3.8, 4) is 5.75 Å². The summed E-state index contributed by atoms with van der Waals surface area (Å²) in [7, 11) is 0. The molecule has 1 fully saturated rings. The first-order chi connectivity index (χ1) is 9.63. The molecule has 1 aliphatic carbocycles. The van der Waals surface area contributed by atoms with Crippen molar-refractivity contribution in [2.75, 3.05) is 0 Å². The van der Waals surface area contributed by atoms with E-state index in [0.29, 0.717) is 17.2 Å². The average molecular weight is 272 g/mol. The maximum Gasteiger partial charge on any atom is 0.126 e. The van der Waals surface area contributed by atoms with Crippen molar-refractivity contribution in [3.05, 3.63) is 65.0 Å². The van der Waals surface area contributed by atoms with Gasteiger partial charge in [0, 0.05) is 0 Å². The van der Waals surface area contributed by atoms with E-state index in [0.717, 1.165) is 24.2 Å². The lowest BCUT2D eigenvalue weighted by atomic mass is 9.99. The third-order valence-electron chi connectivity index (χ3n) is 3.50. The van der Waals surface area contributed by atoms with Gasteiger partial charge in [0.1, 0.15) is 17.7 Å². The Balaban J connectivity index is 1.84. The van der Waals surface area contributed by atoms with Crippen LogP contribution in [0, 0.1) is 12.7 Å². The van der Waals surface area contributed by atoms with Gasteiger partial charge < -0.3 is 9.84 Å². The van der Waals surface area contributed by atoms with E-state index in [1.165, 1.54) is 6.07 Å². The Hall–Kier alpha value is -1.87. The van der Waals surface area contributed by atoms with Crippen molar-refractivity contribution >= 4 is 0 Å². The van der Waals surface area contributed by atoms with E-state index in [2.05, 4.69) is 0 Å². The Kier molecular flexibility index (Phi) is 3.45. The van der Waals surface area contributed by atoms with Gasteiger partial charge in [-0.15, -0.1) is 0 Å². The molecule has 20 heavy (non-hydrogen) atoms. The number of aliphatic hydroxyl groups excluding tert-OH is 1. The monoisotopic (exact) mass is 272 g/mol. The normalized spacial score (nSPS) is 15.9. The number of aryl methyl sites for hydroxylation is 1. The average Bonchev–Trinajstić information content (AvgIpc) is 3.25. The fourth-order valence-corrected chi connectivity index (χ4v) is 2.17. The topological polar surface area (TPSA) is 29.5 Å². The highest BCUT2D eigenvalue weighted by molar-refractivity contribution is 5.37. The van der Waals surface area contributed by atoms with E-state index in [4.69, 9.17) is 4.74 Å². The highest BCUT2D eigenvalue weighted by Crippen LogP contribution is 2.30. The molecule has 0 aliphatic heterocycles. The Morgan fingerprint density at radius 1 is 1.15 bits per heavy atom. The summed E-state index contributed by atoms with van der Waals surface area (Å²) in [5.41, 5.74) is 1.98. The molecule has 0 saturated heterocycles. The second-order valence-corrected chi connectivity index (χ2v) is 5.30. The van der Waals surface area contributed by atoms with Crippen LogP contribution in [0.25, 0.3) is 0 Å². The number of rotatable bonds is 4.